The molecule has 4 atom stereocenters. The van der Waals surface area contributed by atoms with Crippen LogP contribution < -0.4 is 40.5 Å². The van der Waals surface area contributed by atoms with Crippen molar-refractivity contribution in [2.75, 3.05) is 71.5 Å². The second kappa shape index (κ2) is 40.7. The molecule has 4 unspecified atom stereocenters. The van der Waals surface area contributed by atoms with Crippen LogP contribution >= 0.6 is 23.5 Å². The number of aromatic hydroxyl groups is 2. The summed E-state index contributed by atoms with van der Waals surface area (Å²) < 4.78 is 23.6. The summed E-state index contributed by atoms with van der Waals surface area (Å²) in [5.74, 6) is 1.40. The fourth-order valence-electron chi connectivity index (χ4n) is 20.8. The first kappa shape index (κ1) is 107. The Morgan fingerprint density at radius 2 is 0.768 bits per heavy atom. The number of anilines is 4. The van der Waals surface area contributed by atoms with Crippen molar-refractivity contribution in [3.05, 3.63) is 234 Å². The molecular formula is C116H150N10O14S2. The predicted octanol–water partition coefficient (Wildman–Crippen LogP) is 25.1. The number of thioether (sulfide) groups is 2. The number of carbonyl (C=O) groups is 6. The molecule has 8 aliphatic rings. The Kier molecular flexibility index (Phi) is 30.8. The molecule has 2 fully saturated rings. The van der Waals surface area contributed by atoms with E-state index in [1.54, 1.807) is 23.5 Å². The number of Topliss-reactive ketones (excluding diaryl/α,β-unsaturated/α-hetero) is 2. The number of phenols is 2. The molecule has 2 saturated heterocycles. The van der Waals surface area contributed by atoms with Gasteiger partial charge in [0, 0.05) is 159 Å². The second-order valence-electron chi connectivity index (χ2n) is 46.0. The molecule has 4 heterocycles. The normalized spacial score (nSPS) is 21.0. The lowest BCUT2D eigenvalue weighted by Crippen LogP contribution is -2.42. The molecule has 26 heteroatoms. The molecule has 8 N–H and O–H groups in total. The van der Waals surface area contributed by atoms with Gasteiger partial charge in [-0.2, -0.15) is 9.98 Å². The summed E-state index contributed by atoms with van der Waals surface area (Å²) in [6.07, 6.45) is 6.07. The van der Waals surface area contributed by atoms with Crippen LogP contribution in [-0.4, -0.2) is 177 Å². The molecule has 0 saturated carbocycles. The van der Waals surface area contributed by atoms with E-state index >= 15 is 4.79 Å². The van der Waals surface area contributed by atoms with Crippen molar-refractivity contribution in [3.8, 4) is 23.0 Å². The molecule has 0 bridgehead atoms. The van der Waals surface area contributed by atoms with E-state index in [4.69, 9.17) is 18.9 Å². The number of phenolic OH excluding ortho intramolecular Hbond substituents is 2. The summed E-state index contributed by atoms with van der Waals surface area (Å²) in [6, 6.07) is 34.5. The van der Waals surface area contributed by atoms with Crippen molar-refractivity contribution in [1.82, 2.24) is 20.4 Å². The van der Waals surface area contributed by atoms with E-state index < -0.39 is 35.8 Å². The molecule has 4 aliphatic heterocycles. The van der Waals surface area contributed by atoms with Crippen molar-refractivity contribution in [3.63, 3.8) is 0 Å². The van der Waals surface area contributed by atoms with E-state index in [2.05, 4.69) is 189 Å². The first-order valence-corrected chi connectivity index (χ1v) is 51.9. The number of nitrogens with zero attached hydrogens (tertiary/aromatic N) is 6. The zero-order valence-electron chi connectivity index (χ0n) is 89.3. The van der Waals surface area contributed by atoms with Crippen molar-refractivity contribution in [2.24, 2.45) is 20.8 Å². The number of aliphatic hydroxyl groups excluding tert-OH is 2. The quantitative estimate of drug-likeness (QED) is 0.0159. The van der Waals surface area contributed by atoms with Crippen molar-refractivity contribution in [1.29, 1.82) is 0 Å². The minimum Gasteiger partial charge on any atom is -0.507 e. The molecule has 0 radical (unpaired) electrons. The smallest absolute Gasteiger partial charge is 0.434 e. The van der Waals surface area contributed by atoms with E-state index in [1.165, 1.54) is 0 Å². The Morgan fingerprint density at radius 3 is 1.13 bits per heavy atom. The summed E-state index contributed by atoms with van der Waals surface area (Å²) in [4.78, 5) is 105. The highest BCUT2D eigenvalue weighted by atomic mass is 32.2. The number of carbonyl (C=O) groups excluding carboxylic acids is 6. The number of nitrogens with one attached hydrogen (secondary N) is 4. The highest BCUT2D eigenvalue weighted by molar-refractivity contribution is 7.99. The van der Waals surface area contributed by atoms with Crippen LogP contribution in [0.5, 0.6) is 23.0 Å². The van der Waals surface area contributed by atoms with Crippen LogP contribution in [0, 0.1) is 10.8 Å². The highest BCUT2D eigenvalue weighted by Gasteiger charge is 2.53. The van der Waals surface area contributed by atoms with Crippen LogP contribution in [0.25, 0.3) is 11.1 Å². The zero-order chi connectivity index (χ0) is 105. The fraction of sp³-hybridized carbons (Fsp3) is 0.483. The Morgan fingerprint density at radius 1 is 0.423 bits per heavy atom. The number of aliphatic imine (C=N–C) groups is 2. The third kappa shape index (κ3) is 21.2. The number of urea groups is 2. The Labute approximate surface area is 849 Å². The largest absolute Gasteiger partial charge is 0.507 e. The molecule has 4 aliphatic carbocycles. The second-order valence-corrected chi connectivity index (χ2v) is 48.4. The van der Waals surface area contributed by atoms with Crippen LogP contribution in [0.4, 0.5) is 41.9 Å². The lowest BCUT2D eigenvalue weighted by atomic mass is 9.73. The molecule has 24 nitrogen and oxygen atoms in total. The first-order chi connectivity index (χ1) is 66.1. The number of rotatable bonds is 24. The van der Waals surface area contributed by atoms with Gasteiger partial charge in [-0.05, 0) is 224 Å². The number of ether oxygens (including phenoxy) is 4. The molecule has 760 valence electrons. The molecule has 14 rings (SSSR count). The molecule has 6 amide bonds. The van der Waals surface area contributed by atoms with Crippen molar-refractivity contribution < 1.29 is 68.1 Å². The minimum absolute atomic E-state index is 0.0312. The van der Waals surface area contributed by atoms with Gasteiger partial charge >= 0.3 is 24.2 Å². The van der Waals surface area contributed by atoms with Crippen LogP contribution in [0.2, 0.25) is 0 Å². The van der Waals surface area contributed by atoms with E-state index in [-0.39, 0.29) is 188 Å². The van der Waals surface area contributed by atoms with Gasteiger partial charge < -0.3 is 74.9 Å². The van der Waals surface area contributed by atoms with E-state index in [0.717, 1.165) is 77.1 Å². The monoisotopic (exact) mass is 1970 g/mol. The van der Waals surface area contributed by atoms with Gasteiger partial charge in [0.2, 0.25) is 11.6 Å². The lowest BCUT2D eigenvalue weighted by Gasteiger charge is -2.34. The van der Waals surface area contributed by atoms with Crippen LogP contribution in [0.1, 0.15) is 266 Å². The Bertz CT molecular complexity index is 6250. The fourth-order valence-corrected chi connectivity index (χ4v) is 22.3. The number of aliphatic hydroxyl groups is 2. The standard InChI is InChI=1S/C66H92N6O8.C50H58N4O6S2/c1-35(2)71-37(5)65(19,20)43-31-41(49(33-51(43)71)69-59(77)67-23-25-79-39-27-45(61(7,8)9)55(73)46(28-39)62(10,11)12)53-57(75)54(58(53)76)42-32-44-52(72(36(3)4)38(6)66(44,21)22)34-50(42)70-60(78)68-24-26-80-40-29-47(63(13,14)15)56(74)48(30-40)64(16,17)18;1-29(2)53-31(5)49(7,8)37-25-35(39(27-41(37)53)51-47(57)59-21-23-61-33-17-13-11-14-18-33)43-45(55)44(46(43)56)36-26-38-42(54(30(3)4)32(6)50(38,9)10)28-40(36)52-48(58)60-22-24-62-34-19-15-12-16-20-34/h27-38,73-75H,23-26H2,1-22H3,(H,67,77)(H2,68,70,78);11-20,25-32,55H,21-24H2,1-10H3,(H,51,57). The van der Waals surface area contributed by atoms with Gasteiger partial charge in [0.25, 0.3) is 0 Å². The average Bonchev–Trinajstić information content (AvgIpc) is 1.48. The maximum absolute atomic E-state index is 15.1. The third-order valence-electron chi connectivity index (χ3n) is 29.7. The topological polar surface area (TPSA) is 306 Å². The predicted molar refractivity (Wildman–Crippen MR) is 577 cm³/mol. The number of benzene rings is 6. The summed E-state index contributed by atoms with van der Waals surface area (Å²) in [5, 5.41) is 58.9. The van der Waals surface area contributed by atoms with Gasteiger partial charge in [-0.3, -0.25) is 14.9 Å². The maximum Gasteiger partial charge on any atom is 0.434 e. The van der Waals surface area contributed by atoms with Gasteiger partial charge in [-0.1, -0.05) is 175 Å². The van der Waals surface area contributed by atoms with Gasteiger partial charge in [0.1, 0.15) is 60.9 Å². The van der Waals surface area contributed by atoms with E-state index in [9.17, 15) is 44.4 Å². The number of ketones is 2. The Hall–Kier alpha value is -11.9. The van der Waals surface area contributed by atoms with Crippen LogP contribution in [0.3, 0.4) is 0 Å². The zero-order valence-corrected chi connectivity index (χ0v) is 91.0. The van der Waals surface area contributed by atoms with Crippen LogP contribution in [-0.2, 0) is 51.6 Å². The molecule has 6 aromatic carbocycles. The number of likely N-dealkylation sites (tertiary alicyclic amines) is 2. The summed E-state index contributed by atoms with van der Waals surface area (Å²) in [6.45, 7) is 68.3. The SMILES string of the molecule is CC(C)N1C2=CC(=NC(=O)NCCOc3cc(C(C)(C)C)c(O)c(C(C)(C)C)c3)C(=C3C(=O)C(c4cc5c(cc4NC(=O)NCCOc4cc(C(C)(C)C)c(O)c(C(C)(C)C)c4)N(C(C)C)C(C)C5(C)C)=C3O)C=C2C(C)(C)C1C.CC(C)N1C2=CC(=NC(=O)OCCSc3ccccc3)C(=C3C(=O)C(c4cc5c(cc4NC(=O)OCCSc4ccccc4)N(C(C)C)C(C)C5(C)C)=C3O)C=C2C(C)(C)C1C. The Balaban J connectivity index is 0.000000246. The van der Waals surface area contributed by atoms with Gasteiger partial charge in [0.05, 0.1) is 58.2 Å². The maximum atomic E-state index is 15.1. The number of amides is 6. The van der Waals surface area contributed by atoms with E-state index in [0.29, 0.717) is 56.7 Å². The molecule has 0 spiro atoms. The van der Waals surface area contributed by atoms with Gasteiger partial charge in [-0.25, -0.2) is 19.2 Å². The lowest BCUT2D eigenvalue weighted by molar-refractivity contribution is -0.112. The molecule has 142 heavy (non-hydrogen) atoms. The minimum atomic E-state index is -0.783. The highest BCUT2D eigenvalue weighted by Crippen LogP contribution is 2.58. The molecule has 6 aromatic rings. The molecular weight excluding hydrogens is 1820 g/mol. The number of hydrogen-bond acceptors (Lipinski definition) is 20. The van der Waals surface area contributed by atoms with Crippen molar-refractivity contribution in [2.45, 2.75) is 312 Å². The van der Waals surface area contributed by atoms with E-state index in [1.807, 2.05) is 217 Å². The van der Waals surface area contributed by atoms with Gasteiger partial charge in [0.15, 0.2) is 0 Å². The first-order valence-electron chi connectivity index (χ1n) is 50.0. The number of allylic oxidation sites excluding steroid dienone is 12. The summed E-state index contributed by atoms with van der Waals surface area (Å²) >= 11 is 3.16. The van der Waals surface area contributed by atoms with Gasteiger partial charge in [-0.15, -0.1) is 23.5 Å². The van der Waals surface area contributed by atoms with Crippen LogP contribution in [0.15, 0.2) is 210 Å². The number of hydrogen-bond donors (Lipinski definition) is 8. The third-order valence-corrected chi connectivity index (χ3v) is 31.6. The molecule has 0 aromatic heterocycles. The average molecular weight is 1970 g/mol. The summed E-state index contributed by atoms with van der Waals surface area (Å²) in [7, 11) is 0. The number of fused-ring (bicyclic) bond motifs is 4. The van der Waals surface area contributed by atoms with Crippen molar-refractivity contribution >= 4 is 105 Å². The summed E-state index contributed by atoms with van der Waals surface area (Å²) in [5.41, 5.74) is 10.7.